The molecule has 0 saturated heterocycles. The second-order valence-corrected chi connectivity index (χ2v) is 28.8. The quantitative estimate of drug-likeness (QED) is 0.0169. The first-order valence-corrected chi connectivity index (χ1v) is 42.1. The van der Waals surface area contributed by atoms with Crippen LogP contribution in [0, 0.1) is 0 Å². The monoisotopic (exact) mass is 1450 g/mol. The van der Waals surface area contributed by atoms with Crippen molar-refractivity contribution in [3.05, 3.63) is 109 Å². The van der Waals surface area contributed by atoms with E-state index >= 15 is 0 Å². The highest BCUT2D eigenvalue weighted by molar-refractivity contribution is 7.47. The normalized spacial score (nSPS) is 14.5. The SMILES string of the molecule is CC/C=C\C/C=C\C/C=C\C/C=C\C/C=C\CCCCCC(=O)OCC(COP(=O)(O)OCC(O)COP(=O)(O)OCC(COC(=O)CCCCCCC/C=C\C/C=C\CCC)OC(=O)CCCCCCC/C=C\CCCCCC)OC(=O)CCCCCCC/C=C\CCCCCCCC. The van der Waals surface area contributed by atoms with Crippen molar-refractivity contribution in [3.8, 4) is 0 Å². The van der Waals surface area contributed by atoms with Crippen LogP contribution in [0.15, 0.2) is 109 Å². The van der Waals surface area contributed by atoms with E-state index in [9.17, 15) is 43.2 Å². The van der Waals surface area contributed by atoms with Gasteiger partial charge in [0.1, 0.15) is 19.3 Å². The van der Waals surface area contributed by atoms with Crippen LogP contribution in [0.25, 0.3) is 0 Å². The summed E-state index contributed by atoms with van der Waals surface area (Å²) in [5.41, 5.74) is 0. The second-order valence-electron chi connectivity index (χ2n) is 25.9. The van der Waals surface area contributed by atoms with E-state index in [-0.39, 0.29) is 25.7 Å². The molecular formula is C81H140O17P2. The number of aliphatic hydroxyl groups is 1. The van der Waals surface area contributed by atoms with E-state index in [1.54, 1.807) is 0 Å². The molecule has 0 aromatic carbocycles. The molecule has 0 radical (unpaired) electrons. The molecule has 0 aromatic heterocycles. The molecule has 0 fully saturated rings. The summed E-state index contributed by atoms with van der Waals surface area (Å²) in [6.45, 7) is 4.62. The van der Waals surface area contributed by atoms with E-state index in [0.29, 0.717) is 25.7 Å². The van der Waals surface area contributed by atoms with Crippen LogP contribution >= 0.6 is 15.6 Å². The molecule has 0 amide bonds. The zero-order chi connectivity index (χ0) is 73.2. The third-order valence-electron chi connectivity index (χ3n) is 16.2. The first-order chi connectivity index (χ1) is 48.7. The first-order valence-electron chi connectivity index (χ1n) is 39.1. The van der Waals surface area contributed by atoms with Crippen molar-refractivity contribution < 1.29 is 80.2 Å². The molecule has 0 heterocycles. The maximum atomic E-state index is 13.1. The summed E-state index contributed by atoms with van der Waals surface area (Å²) in [6, 6.07) is 0. The van der Waals surface area contributed by atoms with Gasteiger partial charge in [-0.25, -0.2) is 9.13 Å². The Balaban J connectivity index is 5.39. The highest BCUT2D eigenvalue weighted by Gasteiger charge is 2.30. The van der Waals surface area contributed by atoms with Gasteiger partial charge in [0.2, 0.25) is 0 Å². The summed E-state index contributed by atoms with van der Waals surface area (Å²) in [5.74, 6) is -2.24. The van der Waals surface area contributed by atoms with E-state index in [1.165, 1.54) is 64.2 Å². The minimum Gasteiger partial charge on any atom is -0.462 e. The van der Waals surface area contributed by atoms with E-state index in [0.717, 1.165) is 180 Å². The maximum absolute atomic E-state index is 13.1. The van der Waals surface area contributed by atoms with Crippen molar-refractivity contribution in [1.82, 2.24) is 0 Å². The van der Waals surface area contributed by atoms with Gasteiger partial charge in [-0.2, -0.15) is 0 Å². The third-order valence-corrected chi connectivity index (χ3v) is 18.1. The molecular weight excluding hydrogens is 1310 g/mol. The minimum atomic E-state index is -4.99. The molecule has 0 spiro atoms. The molecule has 576 valence electrons. The van der Waals surface area contributed by atoms with Crippen molar-refractivity contribution >= 4 is 39.5 Å². The number of ether oxygens (including phenoxy) is 4. The molecule has 5 atom stereocenters. The van der Waals surface area contributed by atoms with E-state index in [1.807, 2.05) is 0 Å². The summed E-state index contributed by atoms with van der Waals surface area (Å²) < 4.78 is 68.5. The molecule has 0 saturated carbocycles. The molecule has 19 heteroatoms. The average molecular weight is 1450 g/mol. The Bertz CT molecular complexity index is 2320. The molecule has 0 aliphatic carbocycles. The zero-order valence-corrected chi connectivity index (χ0v) is 64.6. The predicted molar refractivity (Wildman–Crippen MR) is 408 cm³/mol. The number of unbranched alkanes of at least 4 members (excludes halogenated alkanes) is 29. The van der Waals surface area contributed by atoms with Gasteiger partial charge >= 0.3 is 39.5 Å². The van der Waals surface area contributed by atoms with E-state index in [2.05, 4.69) is 137 Å². The summed E-state index contributed by atoms with van der Waals surface area (Å²) in [4.78, 5) is 72.9. The number of phosphoric acid groups is 2. The fraction of sp³-hybridized carbons (Fsp3) is 0.728. The van der Waals surface area contributed by atoms with Gasteiger partial charge in [-0.15, -0.1) is 0 Å². The van der Waals surface area contributed by atoms with E-state index < -0.39 is 97.5 Å². The van der Waals surface area contributed by atoms with Gasteiger partial charge in [-0.05, 0) is 148 Å². The highest BCUT2D eigenvalue weighted by Crippen LogP contribution is 2.45. The second kappa shape index (κ2) is 73.0. The van der Waals surface area contributed by atoms with Crippen LogP contribution in [0.5, 0.6) is 0 Å². The molecule has 0 bridgehead atoms. The van der Waals surface area contributed by atoms with Crippen molar-refractivity contribution in [1.29, 1.82) is 0 Å². The van der Waals surface area contributed by atoms with Crippen LogP contribution in [0.1, 0.15) is 323 Å². The first kappa shape index (κ1) is 95.7. The molecule has 0 aliphatic heterocycles. The van der Waals surface area contributed by atoms with Gasteiger partial charge < -0.3 is 33.8 Å². The van der Waals surface area contributed by atoms with Gasteiger partial charge in [0.05, 0.1) is 26.4 Å². The Kier molecular flexibility index (Phi) is 69.9. The lowest BCUT2D eigenvalue weighted by Crippen LogP contribution is -2.30. The molecule has 17 nitrogen and oxygen atoms in total. The van der Waals surface area contributed by atoms with Gasteiger partial charge in [-0.1, -0.05) is 259 Å². The Morgan fingerprint density at radius 2 is 0.540 bits per heavy atom. The number of carbonyl (C=O) groups is 4. The summed E-state index contributed by atoms with van der Waals surface area (Å²) >= 11 is 0. The highest BCUT2D eigenvalue weighted by atomic mass is 31.2. The lowest BCUT2D eigenvalue weighted by atomic mass is 10.1. The van der Waals surface area contributed by atoms with Crippen LogP contribution < -0.4 is 0 Å². The lowest BCUT2D eigenvalue weighted by molar-refractivity contribution is -0.161. The molecule has 0 aliphatic rings. The lowest BCUT2D eigenvalue weighted by Gasteiger charge is -2.21. The standard InChI is InChI=1S/C81H140O17P2/c1-5-9-13-17-21-25-29-33-35-36-37-38-40-43-46-50-54-58-62-66-79(84)92-72-77(98-81(86)68-64-60-56-52-48-44-39-34-30-26-22-18-14-10-6-2)74-96-100(89,90)94-70-75(82)69-93-99(87,88)95-73-76(97-80(85)67-63-59-55-51-47-42-32-28-24-20-16-12-8-4)71-91-78(83)65-61-57-53-49-45-41-31-27-23-19-15-11-7-3/h9,13,15,19,21,25,27-28,31-35,37-39,43,46,75-77,82H,5-8,10-12,14,16-18,20,22-24,26,29-30,36,40-42,44-45,47-74H2,1-4H3,(H,87,88)(H,89,90)/b13-9-,19-15-,25-21-,31-27-,32-28-,35-33-,38-37-,39-34-,46-43-. The average Bonchev–Trinajstić information content (AvgIpc) is 0.946. The number of phosphoric ester groups is 2. The van der Waals surface area contributed by atoms with Crippen LogP contribution in [0.2, 0.25) is 0 Å². The van der Waals surface area contributed by atoms with Crippen LogP contribution in [0.3, 0.4) is 0 Å². The Hall–Kier alpha value is -4.28. The number of hydrogen-bond donors (Lipinski definition) is 3. The number of rotatable bonds is 73. The van der Waals surface area contributed by atoms with Gasteiger partial charge in [-0.3, -0.25) is 37.3 Å². The number of allylic oxidation sites excluding steroid dienone is 18. The topological polar surface area (TPSA) is 237 Å². The number of hydrogen-bond acceptors (Lipinski definition) is 15. The van der Waals surface area contributed by atoms with Crippen molar-refractivity contribution in [2.75, 3.05) is 39.6 Å². The molecule has 0 aromatic rings. The molecule has 100 heavy (non-hydrogen) atoms. The maximum Gasteiger partial charge on any atom is 0.472 e. The number of esters is 4. The summed E-state index contributed by atoms with van der Waals surface area (Å²) in [6.07, 6.45) is 77.9. The van der Waals surface area contributed by atoms with Crippen molar-refractivity contribution in [2.45, 2.75) is 341 Å². The Morgan fingerprint density at radius 3 is 0.870 bits per heavy atom. The van der Waals surface area contributed by atoms with Crippen LogP contribution in [-0.2, 0) is 65.4 Å². The number of aliphatic hydroxyl groups excluding tert-OH is 1. The van der Waals surface area contributed by atoms with Gasteiger partial charge in [0.15, 0.2) is 12.2 Å². The fourth-order valence-corrected chi connectivity index (χ4v) is 11.8. The fourth-order valence-electron chi connectivity index (χ4n) is 10.2. The van der Waals surface area contributed by atoms with Gasteiger partial charge in [0.25, 0.3) is 0 Å². The zero-order valence-electron chi connectivity index (χ0n) is 62.8. The van der Waals surface area contributed by atoms with Crippen LogP contribution in [0.4, 0.5) is 0 Å². The molecule has 5 unspecified atom stereocenters. The van der Waals surface area contributed by atoms with Gasteiger partial charge in [0, 0.05) is 25.7 Å². The third kappa shape index (κ3) is 72.1. The Labute approximate surface area is 607 Å². The van der Waals surface area contributed by atoms with Crippen LogP contribution in [-0.4, -0.2) is 96.7 Å². The molecule has 0 rings (SSSR count). The number of carbonyl (C=O) groups excluding carboxylic acids is 4. The largest absolute Gasteiger partial charge is 0.472 e. The minimum absolute atomic E-state index is 0.0763. The molecule has 3 N–H and O–H groups in total. The van der Waals surface area contributed by atoms with E-state index in [4.69, 9.17) is 37.0 Å². The summed E-state index contributed by atoms with van der Waals surface area (Å²) in [5, 5.41) is 10.6. The van der Waals surface area contributed by atoms with Crippen molar-refractivity contribution in [2.24, 2.45) is 0 Å². The summed E-state index contributed by atoms with van der Waals surface area (Å²) in [7, 11) is -9.97. The predicted octanol–water partition coefficient (Wildman–Crippen LogP) is 22.6. The smallest absolute Gasteiger partial charge is 0.462 e. The van der Waals surface area contributed by atoms with Crippen molar-refractivity contribution in [3.63, 3.8) is 0 Å². The Morgan fingerprint density at radius 1 is 0.290 bits per heavy atom.